The first-order chi connectivity index (χ1) is 12.8. The normalized spacial score (nSPS) is 15.0. The summed E-state index contributed by atoms with van der Waals surface area (Å²) in [6, 6.07) is 18.5. The second-order valence-electron chi connectivity index (χ2n) is 6.64. The molecular formula is C22H23N3O. The van der Waals surface area contributed by atoms with Crippen LogP contribution in [0.25, 0.3) is 21.5 Å². The van der Waals surface area contributed by atoms with Gasteiger partial charge in [-0.25, -0.2) is 0 Å². The summed E-state index contributed by atoms with van der Waals surface area (Å²) in [5, 5.41) is 10.9. The van der Waals surface area contributed by atoms with Gasteiger partial charge in [0.1, 0.15) is 0 Å². The molecule has 132 valence electrons. The lowest BCUT2D eigenvalue weighted by Crippen LogP contribution is -2.40. The van der Waals surface area contributed by atoms with Crippen LogP contribution < -0.4 is 10.6 Å². The first kappa shape index (κ1) is 16.6. The fraction of sp³-hybridized carbons (Fsp3) is 0.227. The van der Waals surface area contributed by atoms with E-state index >= 15 is 0 Å². The van der Waals surface area contributed by atoms with Gasteiger partial charge in [0, 0.05) is 38.3 Å². The molecule has 4 heteroatoms. The summed E-state index contributed by atoms with van der Waals surface area (Å²) in [7, 11) is 0. The van der Waals surface area contributed by atoms with Crippen LogP contribution in [0.2, 0.25) is 0 Å². The zero-order valence-electron chi connectivity index (χ0n) is 14.7. The number of rotatable bonds is 4. The van der Waals surface area contributed by atoms with Crippen LogP contribution in [0.5, 0.6) is 0 Å². The molecular weight excluding hydrogens is 322 g/mol. The predicted octanol–water partition coefficient (Wildman–Crippen LogP) is 3.14. The van der Waals surface area contributed by atoms with E-state index in [9.17, 15) is 4.79 Å². The minimum atomic E-state index is -0.0370. The van der Waals surface area contributed by atoms with Crippen molar-refractivity contribution in [2.24, 2.45) is 0 Å². The molecule has 0 saturated carbocycles. The lowest BCUT2D eigenvalue weighted by atomic mass is 10.0. The monoisotopic (exact) mass is 345 g/mol. The van der Waals surface area contributed by atoms with Crippen molar-refractivity contribution in [1.29, 1.82) is 0 Å². The molecule has 0 spiro atoms. The summed E-state index contributed by atoms with van der Waals surface area (Å²) in [6.07, 6.45) is 4.09. The summed E-state index contributed by atoms with van der Waals surface area (Å²) in [4.78, 5) is 14.7. The Morgan fingerprint density at radius 2 is 1.65 bits per heavy atom. The fourth-order valence-electron chi connectivity index (χ4n) is 3.37. The number of amides is 1. The van der Waals surface area contributed by atoms with E-state index in [-0.39, 0.29) is 5.91 Å². The van der Waals surface area contributed by atoms with E-state index in [1.807, 2.05) is 36.4 Å². The zero-order valence-corrected chi connectivity index (χ0v) is 14.7. The Morgan fingerprint density at radius 3 is 2.42 bits per heavy atom. The molecule has 0 radical (unpaired) electrons. The molecule has 0 unspecified atom stereocenters. The summed E-state index contributed by atoms with van der Waals surface area (Å²) in [5.41, 5.74) is 0.698. The van der Waals surface area contributed by atoms with Crippen molar-refractivity contribution in [2.75, 3.05) is 32.7 Å². The highest BCUT2D eigenvalue weighted by atomic mass is 16.1. The molecule has 1 fully saturated rings. The number of carbonyl (C=O) groups excluding carboxylic acids is 1. The van der Waals surface area contributed by atoms with Gasteiger partial charge in [-0.15, -0.1) is 0 Å². The highest BCUT2D eigenvalue weighted by Gasteiger charge is 2.07. The molecule has 0 atom stereocenters. The average Bonchev–Trinajstić information content (AvgIpc) is 2.70. The van der Waals surface area contributed by atoms with Crippen molar-refractivity contribution in [1.82, 2.24) is 15.5 Å². The molecule has 0 aromatic heterocycles. The molecule has 0 aliphatic carbocycles. The first-order valence-electron chi connectivity index (χ1n) is 9.12. The number of fused-ring (bicyclic) bond motifs is 2. The zero-order chi connectivity index (χ0) is 17.8. The number of nitrogens with one attached hydrogen (secondary N) is 2. The average molecular weight is 345 g/mol. The van der Waals surface area contributed by atoms with Gasteiger partial charge in [0.05, 0.1) is 0 Å². The second kappa shape index (κ2) is 7.58. The van der Waals surface area contributed by atoms with Gasteiger partial charge in [0.2, 0.25) is 0 Å². The van der Waals surface area contributed by atoms with Crippen molar-refractivity contribution < 1.29 is 4.79 Å². The van der Waals surface area contributed by atoms with E-state index in [4.69, 9.17) is 0 Å². The van der Waals surface area contributed by atoms with Gasteiger partial charge >= 0.3 is 0 Å². The van der Waals surface area contributed by atoms with Crippen LogP contribution in [0.1, 0.15) is 10.4 Å². The molecule has 26 heavy (non-hydrogen) atoms. The van der Waals surface area contributed by atoms with E-state index < -0.39 is 0 Å². The highest BCUT2D eigenvalue weighted by molar-refractivity contribution is 6.03. The molecule has 3 aromatic rings. The lowest BCUT2D eigenvalue weighted by Gasteiger charge is -2.25. The third-order valence-electron chi connectivity index (χ3n) is 4.82. The predicted molar refractivity (Wildman–Crippen MR) is 107 cm³/mol. The van der Waals surface area contributed by atoms with Gasteiger partial charge in [0.25, 0.3) is 5.91 Å². The van der Waals surface area contributed by atoms with Crippen LogP contribution in [0.3, 0.4) is 0 Å². The summed E-state index contributed by atoms with van der Waals surface area (Å²) >= 11 is 0. The molecule has 4 rings (SSSR count). The SMILES string of the molecule is O=C(NCC=CN1CCNCC1)c1ccc2cc3ccccc3cc2c1. The molecule has 1 amide bonds. The van der Waals surface area contributed by atoms with E-state index in [0.717, 1.165) is 37.0 Å². The maximum Gasteiger partial charge on any atom is 0.251 e. The molecule has 2 N–H and O–H groups in total. The Balaban J connectivity index is 1.44. The Hall–Kier alpha value is -2.85. The third-order valence-corrected chi connectivity index (χ3v) is 4.82. The van der Waals surface area contributed by atoms with Crippen LogP contribution in [0.4, 0.5) is 0 Å². The van der Waals surface area contributed by atoms with Crippen LogP contribution in [-0.2, 0) is 0 Å². The van der Waals surface area contributed by atoms with Gasteiger partial charge in [-0.1, -0.05) is 30.3 Å². The maximum atomic E-state index is 12.4. The van der Waals surface area contributed by atoms with Crippen molar-refractivity contribution in [3.63, 3.8) is 0 Å². The second-order valence-corrected chi connectivity index (χ2v) is 6.64. The van der Waals surface area contributed by atoms with E-state index in [0.29, 0.717) is 12.1 Å². The lowest BCUT2D eigenvalue weighted by molar-refractivity contribution is 0.0958. The van der Waals surface area contributed by atoms with Crippen molar-refractivity contribution in [2.45, 2.75) is 0 Å². The number of hydrogen-bond donors (Lipinski definition) is 2. The number of benzene rings is 3. The van der Waals surface area contributed by atoms with Gasteiger partial charge in [-0.2, -0.15) is 0 Å². The smallest absolute Gasteiger partial charge is 0.251 e. The standard InChI is InChI=1S/C22H23N3O/c26-22(24-8-3-11-25-12-9-23-10-13-25)20-7-6-19-14-17-4-1-2-5-18(17)15-21(19)16-20/h1-7,11,14-16,23H,8-10,12-13H2,(H,24,26). The van der Waals surface area contributed by atoms with E-state index in [1.165, 1.54) is 10.8 Å². The number of carbonyl (C=O) groups is 1. The molecule has 1 aliphatic heterocycles. The maximum absolute atomic E-state index is 12.4. The van der Waals surface area contributed by atoms with Crippen LogP contribution in [0.15, 0.2) is 66.9 Å². The van der Waals surface area contributed by atoms with Gasteiger partial charge in [0.15, 0.2) is 0 Å². The van der Waals surface area contributed by atoms with Crippen LogP contribution in [0, 0.1) is 0 Å². The summed E-state index contributed by atoms with van der Waals surface area (Å²) < 4.78 is 0. The van der Waals surface area contributed by atoms with Gasteiger partial charge < -0.3 is 15.5 Å². The van der Waals surface area contributed by atoms with Gasteiger partial charge in [-0.3, -0.25) is 4.79 Å². The van der Waals surface area contributed by atoms with Gasteiger partial charge in [-0.05, 0) is 58.1 Å². The molecule has 1 aliphatic rings. The van der Waals surface area contributed by atoms with Crippen molar-refractivity contribution >= 4 is 27.5 Å². The van der Waals surface area contributed by atoms with Crippen molar-refractivity contribution in [3.05, 3.63) is 72.4 Å². The Kier molecular flexibility index (Phi) is 4.84. The first-order valence-corrected chi connectivity index (χ1v) is 9.12. The Bertz CT molecular complexity index is 958. The largest absolute Gasteiger partial charge is 0.375 e. The van der Waals surface area contributed by atoms with E-state index in [2.05, 4.69) is 46.0 Å². The number of nitrogens with zero attached hydrogens (tertiary/aromatic N) is 1. The Morgan fingerprint density at radius 1 is 0.962 bits per heavy atom. The minimum Gasteiger partial charge on any atom is -0.375 e. The fourth-order valence-corrected chi connectivity index (χ4v) is 3.37. The van der Waals surface area contributed by atoms with Crippen molar-refractivity contribution in [3.8, 4) is 0 Å². The highest BCUT2D eigenvalue weighted by Crippen LogP contribution is 2.23. The number of hydrogen-bond acceptors (Lipinski definition) is 3. The molecule has 3 aromatic carbocycles. The number of piperazine rings is 1. The topological polar surface area (TPSA) is 44.4 Å². The molecule has 1 heterocycles. The van der Waals surface area contributed by atoms with E-state index in [1.54, 1.807) is 0 Å². The quantitative estimate of drug-likeness (QED) is 0.714. The third kappa shape index (κ3) is 3.70. The molecule has 4 nitrogen and oxygen atoms in total. The van der Waals surface area contributed by atoms with Crippen LogP contribution >= 0.6 is 0 Å². The summed E-state index contributed by atoms with van der Waals surface area (Å²) in [5.74, 6) is -0.0370. The Labute approximate surface area is 153 Å². The minimum absolute atomic E-state index is 0.0370. The molecule has 0 bridgehead atoms. The molecule has 1 saturated heterocycles. The van der Waals surface area contributed by atoms with Crippen LogP contribution in [-0.4, -0.2) is 43.5 Å². The summed E-state index contributed by atoms with van der Waals surface area (Å²) in [6.45, 7) is 4.61.